The minimum atomic E-state index is -0.367. The van der Waals surface area contributed by atoms with E-state index in [2.05, 4.69) is 44.1 Å². The first-order chi connectivity index (χ1) is 10.5. The lowest BCUT2D eigenvalue weighted by atomic mass is 9.87. The molecule has 0 radical (unpaired) electrons. The number of aliphatic imine (C=N–C) groups is 2. The van der Waals surface area contributed by atoms with Gasteiger partial charge in [-0.3, -0.25) is 4.90 Å². The molecule has 0 saturated heterocycles. The van der Waals surface area contributed by atoms with Crippen LogP contribution >= 0.6 is 0 Å². The van der Waals surface area contributed by atoms with Crippen molar-refractivity contribution in [3.05, 3.63) is 24.3 Å². The molecule has 1 heterocycles. The number of rotatable bonds is 2. The number of benzene rings is 1. The third-order valence-electron chi connectivity index (χ3n) is 4.48. The summed E-state index contributed by atoms with van der Waals surface area (Å²) in [5.74, 6) is 0.729. The predicted molar refractivity (Wildman–Crippen MR) is 92.3 cm³/mol. The Balaban J connectivity index is 2.00. The van der Waals surface area contributed by atoms with E-state index in [1.807, 2.05) is 14.1 Å². The van der Waals surface area contributed by atoms with Gasteiger partial charge in [0, 0.05) is 25.5 Å². The molecule has 2 aliphatic rings. The molecule has 1 aliphatic carbocycles. The van der Waals surface area contributed by atoms with E-state index >= 15 is 0 Å². The normalized spacial score (nSPS) is 20.5. The molecule has 6 heteroatoms. The Bertz CT molecular complexity index is 596. The van der Waals surface area contributed by atoms with E-state index in [1.165, 1.54) is 6.42 Å². The topological polar surface area (TPSA) is 83.2 Å². The number of nitrogens with zero attached hydrogens (tertiary/aromatic N) is 4. The summed E-state index contributed by atoms with van der Waals surface area (Å²) in [5, 5.41) is 0. The first kappa shape index (κ1) is 14.7. The molecule has 0 unspecified atom stereocenters. The fourth-order valence-electron chi connectivity index (χ4n) is 3.39. The lowest BCUT2D eigenvalue weighted by molar-refractivity contribution is 0.305. The maximum atomic E-state index is 6.21. The summed E-state index contributed by atoms with van der Waals surface area (Å²) in [4.78, 5) is 13.0. The van der Waals surface area contributed by atoms with Crippen LogP contribution in [0.1, 0.15) is 32.1 Å². The summed E-state index contributed by atoms with van der Waals surface area (Å²) in [7, 11) is 4.05. The highest BCUT2D eigenvalue weighted by atomic mass is 15.4. The van der Waals surface area contributed by atoms with Crippen LogP contribution in [0.25, 0.3) is 0 Å². The number of hydrogen-bond donors (Lipinski definition) is 2. The number of nitrogens with two attached hydrogens (primary N) is 2. The van der Waals surface area contributed by atoms with Gasteiger partial charge in [0.2, 0.25) is 11.9 Å². The lowest BCUT2D eigenvalue weighted by Gasteiger charge is -2.45. The van der Waals surface area contributed by atoms with Gasteiger partial charge >= 0.3 is 0 Å². The van der Waals surface area contributed by atoms with Gasteiger partial charge in [-0.2, -0.15) is 4.99 Å². The summed E-state index contributed by atoms with van der Waals surface area (Å²) in [5.41, 5.74) is 13.9. The second-order valence-electron chi connectivity index (χ2n) is 6.23. The Morgan fingerprint density at radius 1 is 1.05 bits per heavy atom. The number of guanidine groups is 2. The summed E-state index contributed by atoms with van der Waals surface area (Å²) < 4.78 is 0. The van der Waals surface area contributed by atoms with E-state index in [-0.39, 0.29) is 5.66 Å². The van der Waals surface area contributed by atoms with Crippen molar-refractivity contribution in [3.8, 4) is 0 Å². The van der Waals surface area contributed by atoms with Crippen LogP contribution in [-0.2, 0) is 0 Å². The van der Waals surface area contributed by atoms with Crippen LogP contribution in [0.5, 0.6) is 0 Å². The zero-order valence-electron chi connectivity index (χ0n) is 13.3. The summed E-state index contributed by atoms with van der Waals surface area (Å²) >= 11 is 0. The van der Waals surface area contributed by atoms with Crippen LogP contribution in [0.3, 0.4) is 0 Å². The molecule has 1 fully saturated rings. The summed E-state index contributed by atoms with van der Waals surface area (Å²) in [6.07, 6.45) is 5.42. The maximum Gasteiger partial charge on any atom is 0.220 e. The van der Waals surface area contributed by atoms with Crippen molar-refractivity contribution in [3.63, 3.8) is 0 Å². The largest absolute Gasteiger partial charge is 0.378 e. The van der Waals surface area contributed by atoms with Gasteiger partial charge in [-0.05, 0) is 49.9 Å². The quantitative estimate of drug-likeness (QED) is 0.873. The average molecular weight is 300 g/mol. The molecule has 1 saturated carbocycles. The Morgan fingerprint density at radius 2 is 1.68 bits per heavy atom. The highest BCUT2D eigenvalue weighted by Crippen LogP contribution is 2.39. The molecule has 0 atom stereocenters. The van der Waals surface area contributed by atoms with E-state index < -0.39 is 0 Å². The smallest absolute Gasteiger partial charge is 0.220 e. The molecule has 4 N–H and O–H groups in total. The highest BCUT2D eigenvalue weighted by Gasteiger charge is 2.42. The van der Waals surface area contributed by atoms with Gasteiger partial charge < -0.3 is 16.4 Å². The van der Waals surface area contributed by atoms with Crippen molar-refractivity contribution >= 4 is 23.3 Å². The average Bonchev–Trinajstić information content (AvgIpc) is 2.47. The van der Waals surface area contributed by atoms with Gasteiger partial charge in [0.25, 0.3) is 0 Å². The monoisotopic (exact) mass is 300 g/mol. The molecule has 0 aromatic heterocycles. The molecule has 1 aromatic rings. The van der Waals surface area contributed by atoms with Crippen molar-refractivity contribution in [2.24, 2.45) is 21.5 Å². The first-order valence-corrected chi connectivity index (χ1v) is 7.79. The van der Waals surface area contributed by atoms with Crippen molar-refractivity contribution in [2.75, 3.05) is 23.9 Å². The fraction of sp³-hybridized carbons (Fsp3) is 0.500. The molecular formula is C16H24N6. The van der Waals surface area contributed by atoms with Crippen molar-refractivity contribution in [1.29, 1.82) is 0 Å². The van der Waals surface area contributed by atoms with Crippen LogP contribution in [0.4, 0.5) is 11.4 Å². The van der Waals surface area contributed by atoms with E-state index in [4.69, 9.17) is 11.5 Å². The molecule has 1 aromatic carbocycles. The summed E-state index contributed by atoms with van der Waals surface area (Å²) in [6, 6.07) is 8.32. The van der Waals surface area contributed by atoms with Crippen LogP contribution in [-0.4, -0.2) is 31.7 Å². The second kappa shape index (κ2) is 5.51. The Morgan fingerprint density at radius 3 is 2.27 bits per heavy atom. The zero-order valence-corrected chi connectivity index (χ0v) is 13.3. The van der Waals surface area contributed by atoms with E-state index in [9.17, 15) is 0 Å². The Hall–Kier alpha value is -2.24. The van der Waals surface area contributed by atoms with Crippen LogP contribution in [0, 0.1) is 0 Å². The van der Waals surface area contributed by atoms with Gasteiger partial charge in [0.15, 0.2) is 0 Å². The van der Waals surface area contributed by atoms with E-state index in [1.54, 1.807) is 0 Å². The maximum absolute atomic E-state index is 6.21. The van der Waals surface area contributed by atoms with Gasteiger partial charge in [0.05, 0.1) is 0 Å². The van der Waals surface area contributed by atoms with Crippen molar-refractivity contribution < 1.29 is 0 Å². The number of hydrogen-bond acceptors (Lipinski definition) is 6. The molecule has 6 nitrogen and oxygen atoms in total. The van der Waals surface area contributed by atoms with Crippen LogP contribution < -0.4 is 21.3 Å². The standard InChI is InChI=1S/C16H24N6/c1-21(2)12-6-8-13(9-7-12)22-15(18)19-14(17)20-16(22)10-4-3-5-11-16/h6-9H,3-5,10-11H2,1-2H3,(H4,17,18,19,20). The first-order valence-electron chi connectivity index (χ1n) is 7.79. The molecule has 0 amide bonds. The van der Waals surface area contributed by atoms with Gasteiger partial charge in [-0.1, -0.05) is 6.42 Å². The highest BCUT2D eigenvalue weighted by molar-refractivity contribution is 6.05. The fourth-order valence-corrected chi connectivity index (χ4v) is 3.39. The molecule has 3 rings (SSSR count). The third-order valence-corrected chi connectivity index (χ3v) is 4.48. The van der Waals surface area contributed by atoms with Gasteiger partial charge in [-0.25, -0.2) is 4.99 Å². The zero-order chi connectivity index (χ0) is 15.7. The van der Waals surface area contributed by atoms with Crippen LogP contribution in [0.15, 0.2) is 34.3 Å². The van der Waals surface area contributed by atoms with E-state index in [0.29, 0.717) is 11.9 Å². The summed E-state index contributed by atoms with van der Waals surface area (Å²) in [6.45, 7) is 0. The van der Waals surface area contributed by atoms with Crippen LogP contribution in [0.2, 0.25) is 0 Å². The van der Waals surface area contributed by atoms with Crippen molar-refractivity contribution in [1.82, 2.24) is 0 Å². The second-order valence-corrected chi connectivity index (χ2v) is 6.23. The molecule has 1 spiro atoms. The molecule has 118 valence electrons. The molecule has 1 aliphatic heterocycles. The minimum absolute atomic E-state index is 0.292. The third kappa shape index (κ3) is 2.49. The number of anilines is 2. The Kier molecular flexibility index (Phi) is 3.68. The molecular weight excluding hydrogens is 276 g/mol. The molecule has 22 heavy (non-hydrogen) atoms. The van der Waals surface area contributed by atoms with Gasteiger partial charge in [-0.15, -0.1) is 0 Å². The lowest BCUT2D eigenvalue weighted by Crippen LogP contribution is -2.58. The minimum Gasteiger partial charge on any atom is -0.378 e. The SMILES string of the molecule is CN(C)c1ccc(N2C(N)=NC(N)=NC23CCCCC3)cc1. The molecule has 0 bridgehead atoms. The van der Waals surface area contributed by atoms with Crippen molar-refractivity contribution in [2.45, 2.75) is 37.8 Å². The Labute approximate surface area is 131 Å². The predicted octanol–water partition coefficient (Wildman–Crippen LogP) is 1.86. The van der Waals surface area contributed by atoms with E-state index in [0.717, 1.165) is 37.1 Å². The van der Waals surface area contributed by atoms with Gasteiger partial charge in [0.1, 0.15) is 5.66 Å².